The number of rotatable bonds is 4. The number of para-hydroxylation sites is 2. The molecular formula is C17H16N4O. The molecule has 0 bridgehead atoms. The molecule has 1 heterocycles. The summed E-state index contributed by atoms with van der Waals surface area (Å²) in [6.45, 7) is 2.19. The van der Waals surface area contributed by atoms with Crippen molar-refractivity contribution < 1.29 is 4.79 Å². The van der Waals surface area contributed by atoms with Crippen molar-refractivity contribution >= 4 is 23.2 Å². The monoisotopic (exact) mass is 292 g/mol. The Balaban J connectivity index is 1.65. The molecule has 0 aliphatic heterocycles. The first-order valence-electron chi connectivity index (χ1n) is 7.01. The number of aryl methyl sites for hydroxylation is 1. The van der Waals surface area contributed by atoms with Gasteiger partial charge < -0.3 is 4.57 Å². The molecule has 3 rings (SSSR count). The number of carbonyl (C=O) groups is 1. The summed E-state index contributed by atoms with van der Waals surface area (Å²) in [5, 5.41) is 4.00. The molecule has 5 nitrogen and oxygen atoms in total. The van der Waals surface area contributed by atoms with Gasteiger partial charge in [0, 0.05) is 0 Å². The van der Waals surface area contributed by atoms with Gasteiger partial charge in [-0.25, -0.2) is 10.4 Å². The summed E-state index contributed by atoms with van der Waals surface area (Å²) in [6.07, 6.45) is 3.31. The van der Waals surface area contributed by atoms with Crippen LogP contribution in [0.15, 0.2) is 60.0 Å². The van der Waals surface area contributed by atoms with E-state index in [1.807, 2.05) is 55.5 Å². The maximum Gasteiger partial charge on any atom is 0.260 e. The summed E-state index contributed by atoms with van der Waals surface area (Å²) in [7, 11) is 0. The highest BCUT2D eigenvalue weighted by Gasteiger charge is 2.05. The van der Waals surface area contributed by atoms with Gasteiger partial charge in [0.2, 0.25) is 0 Å². The van der Waals surface area contributed by atoms with Gasteiger partial charge in [0.05, 0.1) is 23.6 Å². The summed E-state index contributed by atoms with van der Waals surface area (Å²) in [6, 6.07) is 15.6. The number of hydrogen-bond acceptors (Lipinski definition) is 3. The molecule has 0 fully saturated rings. The molecule has 0 spiro atoms. The zero-order chi connectivity index (χ0) is 15.4. The number of imidazole rings is 1. The third kappa shape index (κ3) is 3.03. The van der Waals surface area contributed by atoms with Crippen LogP contribution < -0.4 is 5.43 Å². The van der Waals surface area contributed by atoms with E-state index in [2.05, 4.69) is 15.5 Å². The molecule has 0 unspecified atom stereocenters. The minimum absolute atomic E-state index is 0.186. The molecule has 3 aromatic rings. The molecule has 22 heavy (non-hydrogen) atoms. The Labute approximate surface area is 128 Å². The van der Waals surface area contributed by atoms with Gasteiger partial charge in [-0.05, 0) is 30.2 Å². The molecule has 0 atom stereocenters. The van der Waals surface area contributed by atoms with Crippen molar-refractivity contribution in [3.63, 3.8) is 0 Å². The van der Waals surface area contributed by atoms with Crippen LogP contribution in [0.5, 0.6) is 0 Å². The minimum atomic E-state index is -0.187. The molecule has 1 aromatic heterocycles. The number of aromatic nitrogens is 2. The normalized spacial score (nSPS) is 11.1. The molecule has 0 radical (unpaired) electrons. The van der Waals surface area contributed by atoms with E-state index >= 15 is 0 Å². The highest BCUT2D eigenvalue weighted by Crippen LogP contribution is 2.11. The number of hydrazone groups is 1. The highest BCUT2D eigenvalue weighted by atomic mass is 16.2. The quantitative estimate of drug-likeness (QED) is 0.593. The van der Waals surface area contributed by atoms with Crippen LogP contribution >= 0.6 is 0 Å². The van der Waals surface area contributed by atoms with Crippen molar-refractivity contribution in [1.82, 2.24) is 15.0 Å². The second kappa shape index (κ2) is 6.22. The van der Waals surface area contributed by atoms with Crippen molar-refractivity contribution in [2.75, 3.05) is 0 Å². The van der Waals surface area contributed by atoms with E-state index < -0.39 is 0 Å². The molecule has 5 heteroatoms. The fourth-order valence-electron chi connectivity index (χ4n) is 2.23. The molecular weight excluding hydrogens is 276 g/mol. The van der Waals surface area contributed by atoms with E-state index in [9.17, 15) is 4.79 Å². The fraction of sp³-hybridized carbons (Fsp3) is 0.118. The lowest BCUT2D eigenvalue weighted by Crippen LogP contribution is -2.22. The van der Waals surface area contributed by atoms with Gasteiger partial charge in [-0.3, -0.25) is 4.79 Å². The first-order valence-corrected chi connectivity index (χ1v) is 7.01. The fourth-order valence-corrected chi connectivity index (χ4v) is 2.23. The number of amides is 1. The van der Waals surface area contributed by atoms with Crippen LogP contribution in [0.2, 0.25) is 0 Å². The Morgan fingerprint density at radius 1 is 1.23 bits per heavy atom. The predicted octanol–water partition coefficient (Wildman–Crippen LogP) is 2.50. The van der Waals surface area contributed by atoms with Gasteiger partial charge in [-0.15, -0.1) is 0 Å². The number of benzene rings is 2. The first kappa shape index (κ1) is 14.0. The smallest absolute Gasteiger partial charge is 0.260 e. The Morgan fingerprint density at radius 3 is 2.86 bits per heavy atom. The van der Waals surface area contributed by atoms with Crippen molar-refractivity contribution in [1.29, 1.82) is 0 Å². The average molecular weight is 292 g/mol. The molecule has 0 aliphatic carbocycles. The van der Waals surface area contributed by atoms with E-state index in [1.165, 1.54) is 0 Å². The lowest BCUT2D eigenvalue weighted by Gasteiger charge is -2.03. The Kier molecular flexibility index (Phi) is 3.96. The molecule has 2 aromatic carbocycles. The maximum absolute atomic E-state index is 12.0. The summed E-state index contributed by atoms with van der Waals surface area (Å²) in [5.74, 6) is -0.187. The standard InChI is InChI=1S/C17H16N4O/c1-13-6-2-3-7-14(13)10-19-20-17(22)11-21-12-18-15-8-4-5-9-16(15)21/h2-10,12H,11H2,1H3,(H,20,22)/b19-10+. The van der Waals surface area contributed by atoms with Gasteiger partial charge in [0.1, 0.15) is 6.54 Å². The van der Waals surface area contributed by atoms with Gasteiger partial charge in [0.15, 0.2) is 0 Å². The van der Waals surface area contributed by atoms with Crippen molar-refractivity contribution in [3.05, 3.63) is 66.0 Å². The van der Waals surface area contributed by atoms with Crippen molar-refractivity contribution in [2.45, 2.75) is 13.5 Å². The third-order valence-electron chi connectivity index (χ3n) is 3.42. The number of nitrogens with zero attached hydrogens (tertiary/aromatic N) is 3. The van der Waals surface area contributed by atoms with Gasteiger partial charge in [-0.2, -0.15) is 5.10 Å². The van der Waals surface area contributed by atoms with Crippen LogP contribution in [0, 0.1) is 6.92 Å². The van der Waals surface area contributed by atoms with Crippen LogP contribution in [0.25, 0.3) is 11.0 Å². The molecule has 1 amide bonds. The zero-order valence-corrected chi connectivity index (χ0v) is 12.2. The van der Waals surface area contributed by atoms with Gasteiger partial charge >= 0.3 is 0 Å². The van der Waals surface area contributed by atoms with Crippen LogP contribution in [-0.4, -0.2) is 21.7 Å². The summed E-state index contributed by atoms with van der Waals surface area (Å²) in [4.78, 5) is 16.2. The second-order valence-corrected chi connectivity index (χ2v) is 5.01. The maximum atomic E-state index is 12.0. The molecule has 0 saturated heterocycles. The Hall–Kier alpha value is -2.95. The third-order valence-corrected chi connectivity index (χ3v) is 3.42. The highest BCUT2D eigenvalue weighted by molar-refractivity contribution is 5.84. The number of hydrogen-bond donors (Lipinski definition) is 1. The number of fused-ring (bicyclic) bond motifs is 1. The van der Waals surface area contributed by atoms with E-state index in [0.717, 1.165) is 22.2 Å². The van der Waals surface area contributed by atoms with Crippen molar-refractivity contribution in [3.8, 4) is 0 Å². The van der Waals surface area contributed by atoms with Crippen LogP contribution in [0.4, 0.5) is 0 Å². The number of carbonyl (C=O) groups excluding carboxylic acids is 1. The molecule has 110 valence electrons. The minimum Gasteiger partial charge on any atom is -0.321 e. The van der Waals surface area contributed by atoms with Crippen molar-refractivity contribution in [2.24, 2.45) is 5.10 Å². The number of nitrogens with one attached hydrogen (secondary N) is 1. The summed E-state index contributed by atoms with van der Waals surface area (Å²) in [5.41, 5.74) is 6.44. The Morgan fingerprint density at radius 2 is 2.00 bits per heavy atom. The van der Waals surface area contributed by atoms with Crippen LogP contribution in [0.3, 0.4) is 0 Å². The summed E-state index contributed by atoms with van der Waals surface area (Å²) >= 11 is 0. The van der Waals surface area contributed by atoms with E-state index in [1.54, 1.807) is 17.1 Å². The average Bonchev–Trinajstić information content (AvgIpc) is 2.92. The first-order chi connectivity index (χ1) is 10.7. The Bertz CT molecular complexity index is 835. The SMILES string of the molecule is Cc1ccccc1/C=N/NC(=O)Cn1cnc2ccccc21. The van der Waals surface area contributed by atoms with E-state index in [-0.39, 0.29) is 12.5 Å². The lowest BCUT2D eigenvalue weighted by atomic mass is 10.1. The lowest BCUT2D eigenvalue weighted by molar-refractivity contribution is -0.121. The molecule has 1 N–H and O–H groups in total. The van der Waals surface area contributed by atoms with Crippen LogP contribution in [0.1, 0.15) is 11.1 Å². The van der Waals surface area contributed by atoms with Gasteiger partial charge in [0.25, 0.3) is 5.91 Å². The zero-order valence-electron chi connectivity index (χ0n) is 12.2. The molecule has 0 aliphatic rings. The van der Waals surface area contributed by atoms with Crippen LogP contribution in [-0.2, 0) is 11.3 Å². The second-order valence-electron chi connectivity index (χ2n) is 5.01. The van der Waals surface area contributed by atoms with Gasteiger partial charge in [-0.1, -0.05) is 36.4 Å². The van der Waals surface area contributed by atoms with E-state index in [0.29, 0.717) is 0 Å². The largest absolute Gasteiger partial charge is 0.321 e. The molecule has 0 saturated carbocycles. The summed E-state index contributed by atoms with van der Waals surface area (Å²) < 4.78 is 1.80. The topological polar surface area (TPSA) is 59.3 Å². The predicted molar refractivity (Wildman–Crippen MR) is 86.6 cm³/mol. The van der Waals surface area contributed by atoms with E-state index in [4.69, 9.17) is 0 Å².